The molecule has 0 bridgehead atoms. The third-order valence-electron chi connectivity index (χ3n) is 5.68. The summed E-state index contributed by atoms with van der Waals surface area (Å²) in [6.45, 7) is 9.33. The van der Waals surface area contributed by atoms with Crippen molar-refractivity contribution in [2.75, 3.05) is 13.2 Å². The Hall–Kier alpha value is -2.35. The first-order chi connectivity index (χ1) is 14.3. The molecule has 0 aromatic carbocycles. The summed E-state index contributed by atoms with van der Waals surface area (Å²) in [6, 6.07) is 3.85. The summed E-state index contributed by atoms with van der Waals surface area (Å²) < 4.78 is 15.1. The van der Waals surface area contributed by atoms with Gasteiger partial charge in [-0.05, 0) is 64.9 Å². The maximum atomic E-state index is 12.8. The van der Waals surface area contributed by atoms with Crippen LogP contribution in [0.2, 0.25) is 0 Å². The second-order valence-electron chi connectivity index (χ2n) is 9.49. The lowest BCUT2D eigenvalue weighted by Crippen LogP contribution is -2.44. The maximum Gasteiger partial charge on any atom is 0.410 e. The standard InChI is InChI=1S/C22H33N5O3/c1-16-8-9-18(25(15-16)21(28)30-22(2,3)4)17-10-12-26(23-17)19-11-13-27(24-19)20-7-5-6-14-29-20/h10-13,16,18,20H,5-9,14-15H2,1-4H3. The Bertz CT molecular complexity index is 862. The highest BCUT2D eigenvalue weighted by atomic mass is 16.6. The molecule has 3 atom stereocenters. The molecule has 0 aliphatic carbocycles. The predicted molar refractivity (Wildman–Crippen MR) is 112 cm³/mol. The van der Waals surface area contributed by atoms with Gasteiger partial charge in [-0.25, -0.2) is 14.2 Å². The number of aromatic nitrogens is 4. The number of carbonyl (C=O) groups excluding carboxylic acids is 1. The van der Waals surface area contributed by atoms with Crippen LogP contribution in [0.4, 0.5) is 4.79 Å². The van der Waals surface area contributed by atoms with Crippen molar-refractivity contribution in [2.24, 2.45) is 5.92 Å². The van der Waals surface area contributed by atoms with Crippen LogP contribution in [0.25, 0.3) is 5.82 Å². The first-order valence-corrected chi connectivity index (χ1v) is 11.0. The van der Waals surface area contributed by atoms with Gasteiger partial charge in [-0.15, -0.1) is 0 Å². The molecule has 1 amide bonds. The van der Waals surface area contributed by atoms with E-state index in [0.29, 0.717) is 12.5 Å². The number of hydrogen-bond donors (Lipinski definition) is 0. The monoisotopic (exact) mass is 415 g/mol. The summed E-state index contributed by atoms with van der Waals surface area (Å²) >= 11 is 0. The molecule has 2 aromatic heterocycles. The van der Waals surface area contributed by atoms with Crippen molar-refractivity contribution < 1.29 is 14.3 Å². The van der Waals surface area contributed by atoms with Gasteiger partial charge in [-0.2, -0.15) is 10.2 Å². The van der Waals surface area contributed by atoms with Crippen LogP contribution in [0.5, 0.6) is 0 Å². The lowest BCUT2D eigenvalue weighted by molar-refractivity contribution is -0.0395. The molecule has 2 aliphatic heterocycles. The van der Waals surface area contributed by atoms with Gasteiger partial charge in [0, 0.05) is 31.6 Å². The Balaban J connectivity index is 1.51. The molecule has 8 nitrogen and oxygen atoms in total. The largest absolute Gasteiger partial charge is 0.444 e. The predicted octanol–water partition coefficient (Wildman–Crippen LogP) is 4.48. The van der Waals surface area contributed by atoms with Gasteiger partial charge in [0.1, 0.15) is 11.8 Å². The molecule has 2 saturated heterocycles. The fourth-order valence-corrected chi connectivity index (χ4v) is 4.17. The smallest absolute Gasteiger partial charge is 0.410 e. The Kier molecular flexibility index (Phi) is 5.86. The molecule has 4 heterocycles. The number of hydrogen-bond acceptors (Lipinski definition) is 5. The first-order valence-electron chi connectivity index (χ1n) is 11.0. The molecule has 8 heteroatoms. The van der Waals surface area contributed by atoms with Crippen molar-refractivity contribution >= 4 is 6.09 Å². The lowest BCUT2D eigenvalue weighted by Gasteiger charge is -2.38. The Morgan fingerprint density at radius 3 is 2.70 bits per heavy atom. The molecule has 3 unspecified atom stereocenters. The van der Waals surface area contributed by atoms with Gasteiger partial charge in [-0.3, -0.25) is 4.90 Å². The molecular formula is C22H33N5O3. The van der Waals surface area contributed by atoms with Crippen LogP contribution in [0.1, 0.15) is 77.8 Å². The van der Waals surface area contributed by atoms with Crippen LogP contribution < -0.4 is 0 Å². The quantitative estimate of drug-likeness (QED) is 0.739. The minimum atomic E-state index is -0.518. The highest BCUT2D eigenvalue weighted by Gasteiger charge is 2.35. The molecule has 2 fully saturated rings. The second-order valence-corrected chi connectivity index (χ2v) is 9.49. The summed E-state index contributed by atoms with van der Waals surface area (Å²) in [5.41, 5.74) is 0.353. The van der Waals surface area contributed by atoms with E-state index in [1.165, 1.54) is 0 Å². The van der Waals surface area contributed by atoms with Crippen molar-refractivity contribution in [3.05, 3.63) is 30.2 Å². The van der Waals surface area contributed by atoms with Crippen LogP contribution in [0.3, 0.4) is 0 Å². The van der Waals surface area contributed by atoms with Crippen LogP contribution in [0.15, 0.2) is 24.5 Å². The van der Waals surface area contributed by atoms with E-state index in [1.807, 2.05) is 54.9 Å². The number of piperidine rings is 1. The lowest BCUT2D eigenvalue weighted by atomic mass is 9.93. The number of amides is 1. The average Bonchev–Trinajstić information content (AvgIpc) is 3.37. The van der Waals surface area contributed by atoms with E-state index < -0.39 is 5.60 Å². The maximum absolute atomic E-state index is 12.8. The fourth-order valence-electron chi connectivity index (χ4n) is 4.17. The number of ether oxygens (including phenoxy) is 2. The summed E-state index contributed by atoms with van der Waals surface area (Å²) in [5.74, 6) is 1.20. The van der Waals surface area contributed by atoms with Crippen molar-refractivity contribution in [1.82, 2.24) is 24.5 Å². The Morgan fingerprint density at radius 1 is 1.13 bits per heavy atom. The third-order valence-corrected chi connectivity index (χ3v) is 5.68. The number of rotatable bonds is 3. The van der Waals surface area contributed by atoms with Crippen molar-refractivity contribution in [3.63, 3.8) is 0 Å². The van der Waals surface area contributed by atoms with Crippen LogP contribution in [0, 0.1) is 5.92 Å². The summed E-state index contributed by atoms with van der Waals surface area (Å²) in [4.78, 5) is 14.7. The molecule has 30 heavy (non-hydrogen) atoms. The second kappa shape index (κ2) is 8.41. The van der Waals surface area contributed by atoms with Crippen molar-refractivity contribution in [1.29, 1.82) is 0 Å². The van der Waals surface area contributed by atoms with Crippen LogP contribution in [-0.2, 0) is 9.47 Å². The van der Waals surface area contributed by atoms with Crippen LogP contribution >= 0.6 is 0 Å². The van der Waals surface area contributed by atoms with Gasteiger partial charge in [-0.1, -0.05) is 6.92 Å². The van der Waals surface area contributed by atoms with Gasteiger partial charge >= 0.3 is 6.09 Å². The first kappa shape index (κ1) is 20.9. The minimum Gasteiger partial charge on any atom is -0.444 e. The molecule has 0 saturated carbocycles. The zero-order valence-electron chi connectivity index (χ0n) is 18.5. The molecule has 2 aliphatic rings. The highest BCUT2D eigenvalue weighted by molar-refractivity contribution is 5.69. The molecular weight excluding hydrogens is 382 g/mol. The normalized spacial score (nSPS) is 25.3. The molecule has 0 N–H and O–H groups in total. The highest BCUT2D eigenvalue weighted by Crippen LogP contribution is 2.34. The van der Waals surface area contributed by atoms with Crippen LogP contribution in [-0.4, -0.2) is 49.3 Å². The zero-order valence-corrected chi connectivity index (χ0v) is 18.5. The van der Waals surface area contributed by atoms with E-state index in [-0.39, 0.29) is 18.4 Å². The van der Waals surface area contributed by atoms with Crippen molar-refractivity contribution in [2.45, 2.75) is 77.7 Å². The minimum absolute atomic E-state index is 0.00465. The van der Waals surface area contributed by atoms with Crippen molar-refractivity contribution in [3.8, 4) is 5.82 Å². The van der Waals surface area contributed by atoms with E-state index in [2.05, 4.69) is 12.0 Å². The van der Waals surface area contributed by atoms with Gasteiger partial charge in [0.05, 0.1) is 11.7 Å². The van der Waals surface area contributed by atoms with Gasteiger partial charge in [0.25, 0.3) is 0 Å². The van der Waals surface area contributed by atoms with Gasteiger partial charge in [0.15, 0.2) is 5.82 Å². The fraction of sp³-hybridized carbons (Fsp3) is 0.682. The molecule has 2 aromatic rings. The van der Waals surface area contributed by atoms with E-state index in [9.17, 15) is 4.79 Å². The summed E-state index contributed by atoms with van der Waals surface area (Å²) in [5, 5.41) is 9.43. The molecule has 4 rings (SSSR count). The summed E-state index contributed by atoms with van der Waals surface area (Å²) in [6.07, 6.45) is 8.78. The molecule has 164 valence electrons. The van der Waals surface area contributed by atoms with E-state index in [1.54, 1.807) is 4.68 Å². The zero-order chi connectivity index (χ0) is 21.3. The summed E-state index contributed by atoms with van der Waals surface area (Å²) in [7, 11) is 0. The molecule has 0 radical (unpaired) electrons. The topological polar surface area (TPSA) is 74.4 Å². The van der Waals surface area contributed by atoms with E-state index >= 15 is 0 Å². The molecule has 0 spiro atoms. The van der Waals surface area contributed by atoms with E-state index in [4.69, 9.17) is 14.6 Å². The average molecular weight is 416 g/mol. The Labute approximate surface area is 178 Å². The third kappa shape index (κ3) is 4.69. The SMILES string of the molecule is CC1CCC(c2ccn(-c3ccn(C4CCCCO4)n3)n2)N(C(=O)OC(C)(C)C)C1. The van der Waals surface area contributed by atoms with Gasteiger partial charge in [0.2, 0.25) is 0 Å². The van der Waals surface area contributed by atoms with E-state index in [0.717, 1.165) is 50.2 Å². The number of carbonyl (C=O) groups is 1. The Morgan fingerprint density at radius 2 is 1.97 bits per heavy atom. The number of likely N-dealkylation sites (tertiary alicyclic amines) is 1. The number of nitrogens with zero attached hydrogens (tertiary/aromatic N) is 5. The van der Waals surface area contributed by atoms with Gasteiger partial charge < -0.3 is 9.47 Å².